The number of primary amides is 1. The summed E-state index contributed by atoms with van der Waals surface area (Å²) >= 11 is 0. The monoisotopic (exact) mass is 363 g/mol. The van der Waals surface area contributed by atoms with Gasteiger partial charge < -0.3 is 26.4 Å². The summed E-state index contributed by atoms with van der Waals surface area (Å²) in [4.78, 5) is 25.7. The summed E-state index contributed by atoms with van der Waals surface area (Å²) in [5, 5.41) is 5.73. The van der Waals surface area contributed by atoms with Gasteiger partial charge in [-0.15, -0.1) is 0 Å². The second-order valence-corrected chi connectivity index (χ2v) is 7.58. The summed E-state index contributed by atoms with van der Waals surface area (Å²) in [6.45, 7) is 6.73. The van der Waals surface area contributed by atoms with Crippen LogP contribution in [0.5, 0.6) is 0 Å². The normalized spacial score (nSPS) is 16.8. The lowest BCUT2D eigenvalue weighted by molar-refractivity contribution is -0.125. The number of nitrogens with one attached hydrogen (secondary N) is 2. The molecule has 2 rings (SSSR count). The Kier molecular flexibility index (Phi) is 5.65. The van der Waals surface area contributed by atoms with E-state index in [-0.39, 0.29) is 5.91 Å². The van der Waals surface area contributed by atoms with Crippen molar-refractivity contribution in [3.8, 4) is 0 Å². The van der Waals surface area contributed by atoms with Gasteiger partial charge in [-0.2, -0.15) is 0 Å². The fourth-order valence-corrected chi connectivity index (χ4v) is 3.09. The van der Waals surface area contributed by atoms with E-state index in [2.05, 4.69) is 15.5 Å². The Morgan fingerprint density at radius 2 is 1.85 bits per heavy atom. The number of nitrogen functional groups attached to an aromatic ring is 1. The van der Waals surface area contributed by atoms with Crippen molar-refractivity contribution in [2.75, 3.05) is 36.1 Å². The number of likely N-dealkylation sites (N-methyl/N-ethyl adjacent to an activating group) is 1. The van der Waals surface area contributed by atoms with Crippen LogP contribution in [0.2, 0.25) is 0 Å². The van der Waals surface area contributed by atoms with Crippen molar-refractivity contribution in [3.05, 3.63) is 18.2 Å². The van der Waals surface area contributed by atoms with Crippen molar-refractivity contribution in [3.63, 3.8) is 0 Å². The molecule has 1 fully saturated rings. The SMILES string of the molecule is CNC1(C(N)=O)CCN(c2ccc(NC(=O)OC(C)(C)C)cc2N)CC1. The average Bonchev–Trinajstić information content (AvgIpc) is 2.53. The van der Waals surface area contributed by atoms with Crippen LogP contribution >= 0.6 is 0 Å². The smallest absolute Gasteiger partial charge is 0.412 e. The van der Waals surface area contributed by atoms with Crippen LogP contribution < -0.4 is 27.0 Å². The van der Waals surface area contributed by atoms with Gasteiger partial charge in [-0.25, -0.2) is 4.79 Å². The number of rotatable bonds is 4. The van der Waals surface area contributed by atoms with Crippen LogP contribution in [0.3, 0.4) is 0 Å². The third-order valence-corrected chi connectivity index (χ3v) is 4.58. The number of piperidine rings is 1. The predicted molar refractivity (Wildman–Crippen MR) is 103 cm³/mol. The molecule has 0 unspecified atom stereocenters. The molecule has 1 aromatic rings. The highest BCUT2D eigenvalue weighted by molar-refractivity contribution is 5.87. The Labute approximate surface area is 154 Å². The minimum absolute atomic E-state index is 0.329. The van der Waals surface area contributed by atoms with E-state index < -0.39 is 17.2 Å². The third kappa shape index (κ3) is 4.57. The number of benzene rings is 1. The van der Waals surface area contributed by atoms with E-state index in [0.717, 1.165) is 5.69 Å². The second-order valence-electron chi connectivity index (χ2n) is 7.58. The summed E-state index contributed by atoms with van der Waals surface area (Å²) in [5.41, 5.74) is 12.5. The minimum Gasteiger partial charge on any atom is -0.444 e. The molecule has 6 N–H and O–H groups in total. The highest BCUT2D eigenvalue weighted by atomic mass is 16.6. The topological polar surface area (TPSA) is 123 Å². The van der Waals surface area contributed by atoms with Gasteiger partial charge in [-0.05, 0) is 58.9 Å². The Balaban J connectivity index is 2.04. The standard InChI is InChI=1S/C18H29N5O3/c1-17(2,3)26-16(25)22-12-5-6-14(13(19)11-12)23-9-7-18(21-4,8-10-23)15(20)24/h5-6,11,21H,7-10,19H2,1-4H3,(H2,20,24)(H,22,25). The van der Waals surface area contributed by atoms with Crippen LogP contribution in [0.1, 0.15) is 33.6 Å². The number of nitrogens with zero attached hydrogens (tertiary/aromatic N) is 1. The van der Waals surface area contributed by atoms with Crippen LogP contribution in [-0.4, -0.2) is 43.3 Å². The molecule has 1 aliphatic heterocycles. The number of anilines is 3. The van der Waals surface area contributed by atoms with E-state index in [9.17, 15) is 9.59 Å². The highest BCUT2D eigenvalue weighted by Crippen LogP contribution is 2.31. The van der Waals surface area contributed by atoms with Gasteiger partial charge in [0.15, 0.2) is 0 Å². The van der Waals surface area contributed by atoms with Crippen molar-refractivity contribution in [2.24, 2.45) is 5.73 Å². The molecule has 0 saturated carbocycles. The number of carbonyl (C=O) groups is 2. The molecule has 0 bridgehead atoms. The van der Waals surface area contributed by atoms with E-state index in [0.29, 0.717) is 37.3 Å². The quantitative estimate of drug-likeness (QED) is 0.603. The maximum atomic E-state index is 11.9. The van der Waals surface area contributed by atoms with E-state index in [1.54, 1.807) is 40.0 Å². The lowest BCUT2D eigenvalue weighted by atomic mass is 9.86. The molecule has 8 heteroatoms. The number of ether oxygens (including phenoxy) is 1. The van der Waals surface area contributed by atoms with Crippen LogP contribution in [0.25, 0.3) is 0 Å². The lowest BCUT2D eigenvalue weighted by Gasteiger charge is -2.40. The van der Waals surface area contributed by atoms with Crippen molar-refractivity contribution in [1.82, 2.24) is 5.32 Å². The van der Waals surface area contributed by atoms with Crippen LogP contribution in [0.4, 0.5) is 21.9 Å². The fourth-order valence-electron chi connectivity index (χ4n) is 3.09. The van der Waals surface area contributed by atoms with Crippen LogP contribution in [0, 0.1) is 0 Å². The zero-order valence-electron chi connectivity index (χ0n) is 15.9. The molecule has 0 aliphatic carbocycles. The molecule has 144 valence electrons. The number of carbonyl (C=O) groups excluding carboxylic acids is 2. The Morgan fingerprint density at radius 1 is 1.23 bits per heavy atom. The van der Waals surface area contributed by atoms with Crippen molar-refractivity contribution < 1.29 is 14.3 Å². The van der Waals surface area contributed by atoms with Crippen molar-refractivity contribution >= 4 is 29.1 Å². The summed E-state index contributed by atoms with van der Waals surface area (Å²) in [6.07, 6.45) is 0.690. The molecule has 0 spiro atoms. The molecule has 0 atom stereocenters. The second kappa shape index (κ2) is 7.41. The van der Waals surface area contributed by atoms with Gasteiger partial charge in [0.2, 0.25) is 5.91 Å². The zero-order chi connectivity index (χ0) is 19.5. The number of nitrogens with two attached hydrogens (primary N) is 2. The third-order valence-electron chi connectivity index (χ3n) is 4.58. The van der Waals surface area contributed by atoms with Gasteiger partial charge in [-0.1, -0.05) is 0 Å². The van der Waals surface area contributed by atoms with Gasteiger partial charge in [0.25, 0.3) is 0 Å². The van der Waals surface area contributed by atoms with Crippen LogP contribution in [-0.2, 0) is 9.53 Å². The maximum absolute atomic E-state index is 11.9. The van der Waals surface area contributed by atoms with Gasteiger partial charge >= 0.3 is 6.09 Å². The summed E-state index contributed by atoms with van der Waals surface area (Å²) < 4.78 is 5.23. The van der Waals surface area contributed by atoms with Gasteiger partial charge in [0.05, 0.1) is 11.4 Å². The predicted octanol–water partition coefficient (Wildman–Crippen LogP) is 1.66. The average molecular weight is 363 g/mol. The van der Waals surface area contributed by atoms with Crippen LogP contribution in [0.15, 0.2) is 18.2 Å². The first-order chi connectivity index (χ1) is 12.1. The largest absolute Gasteiger partial charge is 0.444 e. The van der Waals surface area contributed by atoms with E-state index in [1.165, 1.54) is 0 Å². The molecule has 1 aromatic carbocycles. The first-order valence-corrected chi connectivity index (χ1v) is 8.70. The summed E-state index contributed by atoms with van der Waals surface area (Å²) in [5.74, 6) is -0.329. The number of hydrogen-bond donors (Lipinski definition) is 4. The van der Waals surface area contributed by atoms with E-state index >= 15 is 0 Å². The van der Waals surface area contributed by atoms with Gasteiger partial charge in [0, 0.05) is 18.8 Å². The Bertz CT molecular complexity index is 676. The molecule has 8 nitrogen and oxygen atoms in total. The molecular weight excluding hydrogens is 334 g/mol. The van der Waals surface area contributed by atoms with Crippen molar-refractivity contribution in [1.29, 1.82) is 0 Å². The Hall–Kier alpha value is -2.48. The summed E-state index contributed by atoms with van der Waals surface area (Å²) in [7, 11) is 1.76. The van der Waals surface area contributed by atoms with Gasteiger partial charge in [0.1, 0.15) is 11.1 Å². The molecule has 0 radical (unpaired) electrons. The summed E-state index contributed by atoms with van der Waals surface area (Å²) in [6, 6.07) is 5.34. The molecule has 26 heavy (non-hydrogen) atoms. The lowest BCUT2D eigenvalue weighted by Crippen LogP contribution is -2.59. The van der Waals surface area contributed by atoms with E-state index in [4.69, 9.17) is 16.2 Å². The molecular formula is C18H29N5O3. The molecule has 0 aromatic heterocycles. The first-order valence-electron chi connectivity index (χ1n) is 8.70. The molecule has 2 amide bonds. The van der Waals surface area contributed by atoms with Gasteiger partial charge in [-0.3, -0.25) is 10.1 Å². The minimum atomic E-state index is -0.663. The van der Waals surface area contributed by atoms with Crippen molar-refractivity contribution in [2.45, 2.75) is 44.8 Å². The fraction of sp³-hybridized carbons (Fsp3) is 0.556. The molecule has 1 aliphatic rings. The maximum Gasteiger partial charge on any atom is 0.412 e. The zero-order valence-corrected chi connectivity index (χ0v) is 15.9. The number of hydrogen-bond acceptors (Lipinski definition) is 6. The molecule has 1 saturated heterocycles. The highest BCUT2D eigenvalue weighted by Gasteiger charge is 2.38. The molecule has 1 heterocycles. The first kappa shape index (κ1) is 19.8. The Morgan fingerprint density at radius 3 is 2.31 bits per heavy atom. The van der Waals surface area contributed by atoms with E-state index in [1.807, 2.05) is 6.07 Å². The number of amides is 2.